The van der Waals surface area contributed by atoms with E-state index >= 15 is 0 Å². The van der Waals surface area contributed by atoms with Gasteiger partial charge in [-0.05, 0) is 54.4 Å². The fourth-order valence-corrected chi connectivity index (χ4v) is 3.76. The van der Waals surface area contributed by atoms with E-state index in [1.807, 2.05) is 13.2 Å². The summed E-state index contributed by atoms with van der Waals surface area (Å²) in [5, 5.41) is 4.07. The van der Waals surface area contributed by atoms with Crippen LogP contribution in [-0.4, -0.2) is 40.2 Å². The summed E-state index contributed by atoms with van der Waals surface area (Å²) in [4.78, 5) is 10.1. The van der Waals surface area contributed by atoms with E-state index in [4.69, 9.17) is 9.57 Å². The van der Waals surface area contributed by atoms with Gasteiger partial charge in [0, 0.05) is 31.6 Å². The van der Waals surface area contributed by atoms with Crippen molar-refractivity contribution in [1.29, 1.82) is 0 Å². The van der Waals surface area contributed by atoms with Crippen LogP contribution in [0.25, 0.3) is 0 Å². The Balaban J connectivity index is 0.000000224. The van der Waals surface area contributed by atoms with Gasteiger partial charge in [-0.1, -0.05) is 12.6 Å². The molecule has 0 radical (unpaired) electrons. The summed E-state index contributed by atoms with van der Waals surface area (Å²) in [5.74, 6) is 1.04. The summed E-state index contributed by atoms with van der Waals surface area (Å²) in [6.45, 7) is 14.5. The zero-order chi connectivity index (χ0) is 16.4. The van der Waals surface area contributed by atoms with Crippen molar-refractivity contribution in [3.8, 4) is 0 Å². The minimum atomic E-state index is -0.126. The average Bonchev–Trinajstić information content (AvgIpc) is 3.13. The summed E-state index contributed by atoms with van der Waals surface area (Å²) in [7, 11) is 0. The molecule has 134 valence electrons. The monoisotopic (exact) mass is 325 g/mol. The third-order valence-electron chi connectivity index (χ3n) is 4.84. The summed E-state index contributed by atoms with van der Waals surface area (Å²) >= 11 is 0. The van der Waals surface area contributed by atoms with Gasteiger partial charge in [-0.15, -0.1) is 0 Å². The molecule has 0 aromatic heterocycles. The van der Waals surface area contributed by atoms with Gasteiger partial charge in [0.15, 0.2) is 5.72 Å². The molecule has 1 saturated carbocycles. The van der Waals surface area contributed by atoms with Crippen LogP contribution in [0, 0.1) is 0 Å². The topological polar surface area (TPSA) is 37.3 Å². The van der Waals surface area contributed by atoms with Gasteiger partial charge in [0.2, 0.25) is 5.72 Å². The highest BCUT2D eigenvalue weighted by molar-refractivity contribution is 5.80. The molecule has 3 rings (SSSR count). The molecule has 3 aliphatic rings. The lowest BCUT2D eigenvalue weighted by Crippen LogP contribution is -2.45. The number of rotatable bonds is 2. The van der Waals surface area contributed by atoms with Crippen LogP contribution in [-0.2, 0) is 9.57 Å². The van der Waals surface area contributed by atoms with Gasteiger partial charge in [-0.2, -0.15) is 0 Å². The number of ether oxygens (including phenoxy) is 1. The van der Waals surface area contributed by atoms with Crippen LogP contribution in [0.2, 0.25) is 0 Å². The largest absolute Gasteiger partial charge is 0.474 e. The Hall–Kier alpha value is -1.39. The first-order chi connectivity index (χ1) is 10.4. The molecule has 2 heterocycles. The Labute approximate surface area is 142 Å². The quantitative estimate of drug-likeness (QED) is 0.748. The summed E-state index contributed by atoms with van der Waals surface area (Å²) in [6, 6.07) is 0. The number of hydrogen-bond acceptors (Lipinski definition) is 5. The highest BCUT2D eigenvalue weighted by Gasteiger charge is 2.45. The predicted octanol–water partition coefficient (Wildman–Crippen LogP) is 4.51. The second-order valence-electron chi connectivity index (χ2n) is 6.70. The van der Waals surface area contributed by atoms with Gasteiger partial charge in [-0.3, -0.25) is 0 Å². The second kappa shape index (κ2) is 7.45. The molecule has 0 unspecified atom stereocenters. The third kappa shape index (κ3) is 3.75. The van der Waals surface area contributed by atoms with Gasteiger partial charge < -0.3 is 19.4 Å². The van der Waals surface area contributed by atoms with Crippen LogP contribution in [0.5, 0.6) is 0 Å². The van der Waals surface area contributed by atoms with E-state index < -0.39 is 0 Å². The van der Waals surface area contributed by atoms with Crippen molar-refractivity contribution >= 4 is 5.84 Å². The maximum atomic E-state index is 5.53. The molecule has 0 amide bonds. The van der Waals surface area contributed by atoms with Crippen LogP contribution >= 0.6 is 0 Å². The minimum absolute atomic E-state index is 0. The van der Waals surface area contributed by atoms with Gasteiger partial charge in [0.1, 0.15) is 12.1 Å². The number of oxime groups is 1. The summed E-state index contributed by atoms with van der Waals surface area (Å²) in [5.41, 5.74) is 1.05. The molecule has 0 atom stereocenters. The Bertz CT molecular complexity index is 451. The highest BCUT2D eigenvalue weighted by Crippen LogP contribution is 2.39. The van der Waals surface area contributed by atoms with Crippen molar-refractivity contribution < 1.29 is 9.57 Å². The molecule has 1 aliphatic carbocycles. The van der Waals surface area contributed by atoms with Crippen molar-refractivity contribution in [1.82, 2.24) is 9.80 Å². The van der Waals surface area contributed by atoms with E-state index in [9.17, 15) is 0 Å². The molecule has 1 fully saturated rings. The molecule has 0 N–H and O–H groups in total. The van der Waals surface area contributed by atoms with Crippen LogP contribution < -0.4 is 0 Å². The first-order valence-corrected chi connectivity index (χ1v) is 8.49. The third-order valence-corrected chi connectivity index (χ3v) is 4.84. The van der Waals surface area contributed by atoms with Gasteiger partial charge in [-0.25, -0.2) is 0 Å². The number of amidine groups is 1. The molecule has 5 heteroatoms. The fourth-order valence-electron chi connectivity index (χ4n) is 3.76. The van der Waals surface area contributed by atoms with E-state index in [-0.39, 0.29) is 18.9 Å². The Morgan fingerprint density at radius 3 is 2.04 bits per heavy atom. The molecule has 1 spiro atoms. The SMILES string of the molecule is C.CCN1C(C)=COC1(C)C.CCN1C(C)=NOC12CCCC2. The standard InChI is InChI=1S/C9H16N2O.C8H15NO.CH4/c1-3-11-8(2)10-12-9(11)6-4-5-7-9;1-5-9-7(2)6-10-8(9,3)4;/h3-7H2,1-2H3;6H,5H2,1-4H3;1H4. The van der Waals surface area contributed by atoms with E-state index in [1.165, 1.54) is 18.5 Å². The smallest absolute Gasteiger partial charge is 0.211 e. The van der Waals surface area contributed by atoms with Gasteiger partial charge >= 0.3 is 0 Å². The lowest BCUT2D eigenvalue weighted by molar-refractivity contribution is -0.0912. The number of nitrogens with zero attached hydrogens (tertiary/aromatic N) is 3. The van der Waals surface area contributed by atoms with E-state index in [0.717, 1.165) is 31.8 Å². The molecule has 0 bridgehead atoms. The Morgan fingerprint density at radius 1 is 1.09 bits per heavy atom. The first kappa shape index (κ1) is 19.7. The molecule has 0 aromatic carbocycles. The molecular weight excluding hydrogens is 290 g/mol. The normalized spacial score (nSPS) is 23.4. The average molecular weight is 325 g/mol. The van der Waals surface area contributed by atoms with Crippen molar-refractivity contribution in [2.45, 2.75) is 86.1 Å². The second-order valence-corrected chi connectivity index (χ2v) is 6.70. The summed E-state index contributed by atoms with van der Waals surface area (Å²) < 4.78 is 5.42. The van der Waals surface area contributed by atoms with Crippen molar-refractivity contribution in [2.24, 2.45) is 5.16 Å². The Morgan fingerprint density at radius 2 is 1.65 bits per heavy atom. The van der Waals surface area contributed by atoms with Crippen molar-refractivity contribution in [2.75, 3.05) is 13.1 Å². The van der Waals surface area contributed by atoms with Crippen LogP contribution in [0.1, 0.15) is 74.7 Å². The van der Waals surface area contributed by atoms with E-state index in [0.29, 0.717) is 0 Å². The maximum absolute atomic E-state index is 5.53. The van der Waals surface area contributed by atoms with Crippen LogP contribution in [0.3, 0.4) is 0 Å². The first-order valence-electron chi connectivity index (χ1n) is 8.49. The number of allylic oxidation sites excluding steroid dienone is 1. The maximum Gasteiger partial charge on any atom is 0.211 e. The van der Waals surface area contributed by atoms with Gasteiger partial charge in [0.25, 0.3) is 0 Å². The zero-order valence-electron chi connectivity index (χ0n) is 15.0. The minimum Gasteiger partial charge on any atom is -0.474 e. The van der Waals surface area contributed by atoms with E-state index in [1.54, 1.807) is 0 Å². The molecule has 5 nitrogen and oxygen atoms in total. The fraction of sp³-hybridized carbons (Fsp3) is 0.833. The Kier molecular flexibility index (Phi) is 6.37. The molecule has 23 heavy (non-hydrogen) atoms. The molecular formula is C18H35N3O2. The van der Waals surface area contributed by atoms with Gasteiger partial charge in [0.05, 0.1) is 0 Å². The number of hydrogen-bond donors (Lipinski definition) is 0. The van der Waals surface area contributed by atoms with Crippen molar-refractivity contribution in [3.63, 3.8) is 0 Å². The van der Waals surface area contributed by atoms with Crippen LogP contribution in [0.15, 0.2) is 17.1 Å². The molecule has 2 aliphatic heterocycles. The predicted molar refractivity (Wildman–Crippen MR) is 95.8 cm³/mol. The van der Waals surface area contributed by atoms with Crippen molar-refractivity contribution in [3.05, 3.63) is 12.0 Å². The van der Waals surface area contributed by atoms with Crippen LogP contribution in [0.4, 0.5) is 0 Å². The molecule has 0 aromatic rings. The lowest BCUT2D eigenvalue weighted by Gasteiger charge is -2.32. The molecule has 0 saturated heterocycles. The summed E-state index contributed by atoms with van der Waals surface area (Å²) in [6.07, 6.45) is 6.66. The lowest BCUT2D eigenvalue weighted by atomic mass is 10.1. The zero-order valence-corrected chi connectivity index (χ0v) is 15.0. The highest BCUT2D eigenvalue weighted by atomic mass is 16.7. The van der Waals surface area contributed by atoms with E-state index in [2.05, 4.69) is 49.6 Å².